The third-order valence-electron chi connectivity index (χ3n) is 7.41. The molecule has 6 nitrogen and oxygen atoms in total. The van der Waals surface area contributed by atoms with Crippen LogP contribution in [0.15, 0.2) is 57.7 Å². The van der Waals surface area contributed by atoms with Crippen molar-refractivity contribution in [2.45, 2.75) is 58.2 Å². The lowest BCUT2D eigenvalue weighted by molar-refractivity contribution is 0.0594. The summed E-state index contributed by atoms with van der Waals surface area (Å²) in [6.07, 6.45) is 3.71. The van der Waals surface area contributed by atoms with Crippen molar-refractivity contribution < 1.29 is 19.1 Å². The number of carbonyl (C=O) groups is 2. The number of aromatic amines is 1. The van der Waals surface area contributed by atoms with Crippen molar-refractivity contribution in [3.8, 4) is 0 Å². The number of esters is 2. The van der Waals surface area contributed by atoms with Gasteiger partial charge in [0.15, 0.2) is 8.24 Å². The smallest absolute Gasteiger partial charge is 0.340 e. The van der Waals surface area contributed by atoms with Crippen LogP contribution in [0.1, 0.15) is 62.3 Å². The standard InChI is InChI=1S/C19H28BrNO2Si.C10H8BrNO2/c1-12(2)24(13(3)4,14(5)6)21-11-17(19(22)23-7)16-9-8-15(20)10-18(16)21;1-14-10(13)8-5-12-9-4-6(11)2-3-7(8)9/h8-14H,1-7H3;2-5,12H,1H3. The summed E-state index contributed by atoms with van der Waals surface area (Å²) in [5, 5.41) is 1.85. The third-order valence-corrected chi connectivity index (χ3v) is 15.2. The molecular weight excluding hydrogens is 628 g/mol. The van der Waals surface area contributed by atoms with Crippen molar-refractivity contribution in [1.82, 2.24) is 9.22 Å². The van der Waals surface area contributed by atoms with E-state index in [1.54, 1.807) is 6.20 Å². The van der Waals surface area contributed by atoms with Gasteiger partial charge in [-0.2, -0.15) is 0 Å². The van der Waals surface area contributed by atoms with E-state index in [1.165, 1.54) is 14.2 Å². The van der Waals surface area contributed by atoms with Crippen LogP contribution in [-0.4, -0.2) is 43.6 Å². The molecule has 0 fully saturated rings. The second kappa shape index (κ2) is 12.2. The summed E-state index contributed by atoms with van der Waals surface area (Å²) in [5.74, 6) is -0.584. The van der Waals surface area contributed by atoms with Gasteiger partial charge < -0.3 is 18.7 Å². The maximum absolute atomic E-state index is 12.3. The van der Waals surface area contributed by atoms with E-state index in [-0.39, 0.29) is 11.9 Å². The molecule has 0 radical (unpaired) electrons. The van der Waals surface area contributed by atoms with Crippen molar-refractivity contribution >= 4 is 73.8 Å². The second-order valence-corrected chi connectivity index (χ2v) is 17.9. The van der Waals surface area contributed by atoms with Gasteiger partial charge in [0.1, 0.15) is 0 Å². The van der Waals surface area contributed by atoms with E-state index in [4.69, 9.17) is 4.74 Å². The van der Waals surface area contributed by atoms with Crippen LogP contribution in [0.3, 0.4) is 0 Å². The third kappa shape index (κ3) is 5.51. The average molecular weight is 665 g/mol. The number of hydrogen-bond acceptors (Lipinski definition) is 4. The number of rotatable bonds is 6. The van der Waals surface area contributed by atoms with Gasteiger partial charge in [-0.15, -0.1) is 0 Å². The quantitative estimate of drug-likeness (QED) is 0.165. The fourth-order valence-corrected chi connectivity index (χ4v) is 13.3. The molecule has 38 heavy (non-hydrogen) atoms. The number of hydrogen-bond donors (Lipinski definition) is 1. The number of carbonyl (C=O) groups excluding carboxylic acids is 2. The topological polar surface area (TPSA) is 73.3 Å². The van der Waals surface area contributed by atoms with E-state index in [1.807, 2.05) is 30.3 Å². The molecule has 204 valence electrons. The van der Waals surface area contributed by atoms with Gasteiger partial charge in [-0.1, -0.05) is 85.5 Å². The lowest BCUT2D eigenvalue weighted by Crippen LogP contribution is -2.51. The first-order chi connectivity index (χ1) is 17.9. The largest absolute Gasteiger partial charge is 0.465 e. The van der Waals surface area contributed by atoms with Crippen LogP contribution in [0.25, 0.3) is 21.8 Å². The summed E-state index contributed by atoms with van der Waals surface area (Å²) in [7, 11) is 0.881. The molecule has 0 spiro atoms. The van der Waals surface area contributed by atoms with E-state index in [0.29, 0.717) is 27.8 Å². The molecule has 0 aliphatic rings. The summed E-state index contributed by atoms with van der Waals surface area (Å²) < 4.78 is 14.2. The first kappa shape index (κ1) is 30.2. The second-order valence-electron chi connectivity index (χ2n) is 10.3. The normalized spacial score (nSPS) is 11.8. The van der Waals surface area contributed by atoms with Gasteiger partial charge in [0.2, 0.25) is 0 Å². The van der Waals surface area contributed by atoms with Crippen molar-refractivity contribution in [2.75, 3.05) is 14.2 Å². The summed E-state index contributed by atoms with van der Waals surface area (Å²) in [6.45, 7) is 14.0. The monoisotopic (exact) mass is 662 g/mol. The fourth-order valence-electron chi connectivity index (χ4n) is 6.00. The summed E-state index contributed by atoms with van der Waals surface area (Å²) in [6, 6.07) is 11.8. The van der Waals surface area contributed by atoms with E-state index in [0.717, 1.165) is 30.8 Å². The Morgan fingerprint density at radius 2 is 1.29 bits per heavy atom. The minimum Gasteiger partial charge on any atom is -0.465 e. The van der Waals surface area contributed by atoms with Crippen LogP contribution in [0, 0.1) is 0 Å². The Labute approximate surface area is 242 Å². The summed E-state index contributed by atoms with van der Waals surface area (Å²) in [4.78, 5) is 26.7. The van der Waals surface area contributed by atoms with E-state index in [2.05, 4.69) is 99.6 Å². The van der Waals surface area contributed by atoms with Gasteiger partial charge in [0, 0.05) is 43.1 Å². The zero-order chi connectivity index (χ0) is 28.4. The molecule has 0 saturated heterocycles. The number of nitrogens with one attached hydrogen (secondary N) is 1. The molecule has 9 heteroatoms. The molecule has 4 rings (SSSR count). The van der Waals surface area contributed by atoms with Crippen LogP contribution in [-0.2, 0) is 9.47 Å². The first-order valence-electron chi connectivity index (χ1n) is 12.6. The number of H-pyrrole nitrogens is 1. The Morgan fingerprint density at radius 3 is 1.82 bits per heavy atom. The first-order valence-corrected chi connectivity index (χ1v) is 16.4. The van der Waals surface area contributed by atoms with E-state index >= 15 is 0 Å². The Hall–Kier alpha value is -2.36. The molecule has 0 saturated carbocycles. The molecule has 2 aromatic heterocycles. The average Bonchev–Trinajstić information content (AvgIpc) is 3.44. The van der Waals surface area contributed by atoms with Crippen LogP contribution < -0.4 is 0 Å². The van der Waals surface area contributed by atoms with Gasteiger partial charge in [-0.05, 0) is 40.9 Å². The molecule has 1 N–H and O–H groups in total. The van der Waals surface area contributed by atoms with Gasteiger partial charge in [-0.3, -0.25) is 0 Å². The Balaban J connectivity index is 0.000000241. The molecule has 0 bridgehead atoms. The highest BCUT2D eigenvalue weighted by Gasteiger charge is 2.46. The molecule has 0 aliphatic carbocycles. The number of benzene rings is 2. The maximum atomic E-state index is 12.3. The molecule has 0 aliphatic heterocycles. The van der Waals surface area contributed by atoms with Gasteiger partial charge in [-0.25, -0.2) is 9.59 Å². The van der Waals surface area contributed by atoms with Crippen LogP contribution >= 0.6 is 31.9 Å². The van der Waals surface area contributed by atoms with Crippen molar-refractivity contribution in [1.29, 1.82) is 0 Å². The minimum absolute atomic E-state index is 0.264. The SMILES string of the molecule is COC(=O)c1c[nH]c2cc(Br)ccc12.COC(=O)c1cn([Si](C(C)C)(C(C)C)C(C)C)c2cc(Br)ccc12. The molecule has 0 unspecified atom stereocenters. The molecule has 4 aromatic rings. The van der Waals surface area contributed by atoms with Crippen molar-refractivity contribution in [3.05, 3.63) is 68.9 Å². The van der Waals surface area contributed by atoms with Crippen LogP contribution in [0.5, 0.6) is 0 Å². The van der Waals surface area contributed by atoms with Crippen LogP contribution in [0.2, 0.25) is 16.6 Å². The number of fused-ring (bicyclic) bond motifs is 2. The molecule has 2 heterocycles. The fraction of sp³-hybridized carbons (Fsp3) is 0.379. The van der Waals surface area contributed by atoms with Crippen molar-refractivity contribution in [3.63, 3.8) is 0 Å². The number of nitrogens with zero attached hydrogens (tertiary/aromatic N) is 1. The van der Waals surface area contributed by atoms with Crippen molar-refractivity contribution in [2.24, 2.45) is 0 Å². The summed E-state index contributed by atoms with van der Waals surface area (Å²) >= 11 is 6.95. The van der Waals surface area contributed by atoms with Gasteiger partial charge in [0.25, 0.3) is 0 Å². The highest BCUT2D eigenvalue weighted by atomic mass is 79.9. The Bertz CT molecular complexity index is 1430. The van der Waals surface area contributed by atoms with E-state index in [9.17, 15) is 9.59 Å². The number of methoxy groups -OCH3 is 2. The maximum Gasteiger partial charge on any atom is 0.340 e. The van der Waals surface area contributed by atoms with Crippen LogP contribution in [0.4, 0.5) is 0 Å². The zero-order valence-electron chi connectivity index (χ0n) is 23.2. The highest BCUT2D eigenvalue weighted by Crippen LogP contribution is 2.45. The molecule has 2 aromatic carbocycles. The minimum atomic E-state index is -1.94. The van der Waals surface area contributed by atoms with E-state index < -0.39 is 8.24 Å². The Kier molecular flexibility index (Phi) is 9.70. The zero-order valence-corrected chi connectivity index (χ0v) is 27.4. The molecular formula is C29H36Br2N2O4Si. The predicted molar refractivity (Wildman–Crippen MR) is 165 cm³/mol. The van der Waals surface area contributed by atoms with Gasteiger partial charge >= 0.3 is 11.9 Å². The van der Waals surface area contributed by atoms with Gasteiger partial charge in [0.05, 0.1) is 25.3 Å². The number of halogens is 2. The summed E-state index contributed by atoms with van der Waals surface area (Å²) in [5.41, 5.74) is 4.94. The lowest BCUT2D eigenvalue weighted by Gasteiger charge is -2.44. The highest BCUT2D eigenvalue weighted by molar-refractivity contribution is 9.10. The lowest BCUT2D eigenvalue weighted by atomic mass is 10.2. The number of ether oxygens (including phenoxy) is 2. The number of aromatic nitrogens is 2. The predicted octanol–water partition coefficient (Wildman–Crippen LogP) is 8.93. The Morgan fingerprint density at radius 1 is 0.789 bits per heavy atom. The molecule has 0 amide bonds. The molecule has 0 atom stereocenters.